The van der Waals surface area contributed by atoms with Gasteiger partial charge in [-0.1, -0.05) is 176 Å². The van der Waals surface area contributed by atoms with Gasteiger partial charge in [0.2, 0.25) is 5.95 Å². The van der Waals surface area contributed by atoms with Crippen LogP contribution in [-0.4, -0.2) is 24.5 Å². The molecule has 13 aromatic rings. The number of hydrogen-bond donors (Lipinski definition) is 0. The highest BCUT2D eigenvalue weighted by molar-refractivity contribution is 6.26. The highest BCUT2D eigenvalue weighted by Gasteiger charge is 2.24. The minimum absolute atomic E-state index is 0.581. The van der Waals surface area contributed by atoms with Gasteiger partial charge in [-0.25, -0.2) is 19.9 Å². The average molecular weight is 843 g/mol. The quantitative estimate of drug-likeness (QED) is 0.118. The van der Waals surface area contributed by atoms with Crippen LogP contribution in [0.5, 0.6) is 0 Å². The van der Waals surface area contributed by atoms with Gasteiger partial charge in [0.1, 0.15) is 0 Å². The number of fused-ring (bicyclic) bond motifs is 11. The molecule has 3 heterocycles. The van der Waals surface area contributed by atoms with E-state index in [1.54, 1.807) is 0 Å². The summed E-state index contributed by atoms with van der Waals surface area (Å²) in [6, 6.07) is 80.6. The number of benzene rings is 10. The van der Waals surface area contributed by atoms with E-state index in [0.717, 1.165) is 116 Å². The van der Waals surface area contributed by atoms with Gasteiger partial charge < -0.3 is 4.90 Å². The molecule has 0 aliphatic heterocycles. The van der Waals surface area contributed by atoms with Crippen LogP contribution in [0, 0.1) is 0 Å². The first-order valence-electron chi connectivity index (χ1n) is 22.2. The highest BCUT2D eigenvalue weighted by atomic mass is 15.2. The summed E-state index contributed by atoms with van der Waals surface area (Å²) in [5.41, 5.74) is 14.4. The molecule has 6 nitrogen and oxygen atoms in total. The van der Waals surface area contributed by atoms with Crippen molar-refractivity contribution in [2.75, 3.05) is 4.90 Å². The van der Waals surface area contributed by atoms with Crippen LogP contribution < -0.4 is 4.90 Å². The standard InChI is InChI=1S/C60H38N6/c1-6-20-39(21-7-1)53-55(40-22-8-2-9-23-40)63-60(64-56(53)41-24-10-3-11-25-41)66-51-33-19-18-32-48(51)54-52(66)37-36-50-59(54)62-58-47-35-34-44(38-49(47)45-30-16-17-31-46(45)57(58)61-50)65(42-26-12-4-13-27-42)43-28-14-5-15-29-43/h1-38H. The Balaban J connectivity index is 1.09. The Morgan fingerprint density at radius 3 is 1.44 bits per heavy atom. The fraction of sp³-hybridized carbons (Fsp3) is 0. The molecule has 0 atom stereocenters. The molecule has 13 rings (SSSR count). The summed E-state index contributed by atoms with van der Waals surface area (Å²) in [7, 11) is 0. The van der Waals surface area contributed by atoms with Crippen molar-refractivity contribution in [1.29, 1.82) is 0 Å². The van der Waals surface area contributed by atoms with E-state index in [9.17, 15) is 0 Å². The molecule has 0 spiro atoms. The summed E-state index contributed by atoms with van der Waals surface area (Å²) in [6.45, 7) is 0. The van der Waals surface area contributed by atoms with Gasteiger partial charge in [0.25, 0.3) is 0 Å². The molecule has 0 N–H and O–H groups in total. The average Bonchev–Trinajstić information content (AvgIpc) is 3.74. The zero-order chi connectivity index (χ0) is 43.6. The lowest BCUT2D eigenvalue weighted by molar-refractivity contribution is 0.997. The third-order valence-corrected chi connectivity index (χ3v) is 12.7. The Labute approximate surface area is 380 Å². The van der Waals surface area contributed by atoms with Gasteiger partial charge in [0, 0.05) is 55.3 Å². The normalized spacial score (nSPS) is 11.6. The number of para-hydroxylation sites is 3. The Hall–Kier alpha value is -9.00. The first-order valence-corrected chi connectivity index (χ1v) is 22.2. The number of rotatable bonds is 7. The molecule has 308 valence electrons. The lowest BCUT2D eigenvalue weighted by Gasteiger charge is -2.26. The predicted octanol–water partition coefficient (Wildman–Crippen LogP) is 15.4. The van der Waals surface area contributed by atoms with Crippen molar-refractivity contribution in [3.05, 3.63) is 231 Å². The first-order chi connectivity index (χ1) is 32.8. The molecular weight excluding hydrogens is 805 g/mol. The molecule has 0 aliphatic rings. The van der Waals surface area contributed by atoms with Crippen LogP contribution in [-0.2, 0) is 0 Å². The molecule has 0 aliphatic carbocycles. The van der Waals surface area contributed by atoms with E-state index in [1.807, 2.05) is 18.2 Å². The molecule has 0 bridgehead atoms. The maximum atomic E-state index is 5.69. The van der Waals surface area contributed by atoms with Gasteiger partial charge in [-0.05, 0) is 70.9 Å². The van der Waals surface area contributed by atoms with Crippen molar-refractivity contribution in [2.45, 2.75) is 0 Å². The SMILES string of the molecule is c1ccc(-c2nc(-n3c4ccccc4c4c5nc6c7ccc(N(c8ccccc8)c8ccccc8)cc7c7ccccc7c6nc5ccc43)nc(-c3ccccc3)c2-c2ccccc2)cc1. The van der Waals surface area contributed by atoms with Gasteiger partial charge in [0.15, 0.2) is 0 Å². The van der Waals surface area contributed by atoms with Crippen LogP contribution >= 0.6 is 0 Å². The topological polar surface area (TPSA) is 59.7 Å². The van der Waals surface area contributed by atoms with Crippen molar-refractivity contribution in [3.63, 3.8) is 0 Å². The molecule has 3 aromatic heterocycles. The summed E-state index contributed by atoms with van der Waals surface area (Å²) in [6.07, 6.45) is 0. The number of anilines is 3. The molecular formula is C60H38N6. The van der Waals surface area contributed by atoms with Crippen LogP contribution in [0.15, 0.2) is 231 Å². The van der Waals surface area contributed by atoms with Gasteiger partial charge in [-0.15, -0.1) is 0 Å². The first kappa shape index (κ1) is 37.5. The third-order valence-electron chi connectivity index (χ3n) is 12.7. The van der Waals surface area contributed by atoms with Crippen molar-refractivity contribution < 1.29 is 0 Å². The van der Waals surface area contributed by atoms with Gasteiger partial charge in [-0.2, -0.15) is 0 Å². The molecule has 10 aromatic carbocycles. The largest absolute Gasteiger partial charge is 0.310 e. The minimum atomic E-state index is 0.581. The highest BCUT2D eigenvalue weighted by Crippen LogP contribution is 2.44. The summed E-state index contributed by atoms with van der Waals surface area (Å²) in [5.74, 6) is 0.581. The van der Waals surface area contributed by atoms with Crippen molar-refractivity contribution in [1.82, 2.24) is 24.5 Å². The van der Waals surface area contributed by atoms with Crippen molar-refractivity contribution >= 4 is 82.5 Å². The van der Waals surface area contributed by atoms with Crippen LogP contribution in [0.4, 0.5) is 17.1 Å². The van der Waals surface area contributed by atoms with Crippen LogP contribution in [0.2, 0.25) is 0 Å². The molecule has 0 unspecified atom stereocenters. The van der Waals surface area contributed by atoms with Crippen LogP contribution in [0.25, 0.3) is 105 Å². The predicted molar refractivity (Wildman–Crippen MR) is 273 cm³/mol. The summed E-state index contributed by atoms with van der Waals surface area (Å²) < 4.78 is 2.20. The molecule has 66 heavy (non-hydrogen) atoms. The van der Waals surface area contributed by atoms with E-state index < -0.39 is 0 Å². The maximum absolute atomic E-state index is 5.69. The summed E-state index contributed by atoms with van der Waals surface area (Å²) in [4.78, 5) is 24.5. The van der Waals surface area contributed by atoms with E-state index >= 15 is 0 Å². The second-order valence-electron chi connectivity index (χ2n) is 16.6. The van der Waals surface area contributed by atoms with Crippen molar-refractivity contribution in [2.24, 2.45) is 0 Å². The van der Waals surface area contributed by atoms with Gasteiger partial charge >= 0.3 is 0 Å². The van der Waals surface area contributed by atoms with E-state index in [1.165, 1.54) is 0 Å². The molecule has 0 saturated carbocycles. The number of hydrogen-bond acceptors (Lipinski definition) is 5. The number of nitrogens with zero attached hydrogens (tertiary/aromatic N) is 6. The minimum Gasteiger partial charge on any atom is -0.310 e. The molecule has 0 fully saturated rings. The fourth-order valence-corrected chi connectivity index (χ4v) is 9.83. The summed E-state index contributed by atoms with van der Waals surface area (Å²) >= 11 is 0. The van der Waals surface area contributed by atoms with Crippen molar-refractivity contribution in [3.8, 4) is 39.6 Å². The molecule has 0 saturated heterocycles. The Bertz CT molecular complexity index is 3870. The van der Waals surface area contributed by atoms with E-state index in [0.29, 0.717) is 5.95 Å². The zero-order valence-corrected chi connectivity index (χ0v) is 35.6. The van der Waals surface area contributed by atoms with Crippen LogP contribution in [0.3, 0.4) is 0 Å². The smallest absolute Gasteiger partial charge is 0.235 e. The second kappa shape index (κ2) is 15.4. The lowest BCUT2D eigenvalue weighted by atomic mass is 9.94. The van der Waals surface area contributed by atoms with Gasteiger partial charge in [0.05, 0.1) is 44.5 Å². The third kappa shape index (κ3) is 6.04. The second-order valence-corrected chi connectivity index (χ2v) is 16.6. The molecule has 0 amide bonds. The Kier molecular flexibility index (Phi) is 8.74. The molecule has 6 heteroatoms. The lowest BCUT2D eigenvalue weighted by Crippen LogP contribution is -2.09. The molecule has 0 radical (unpaired) electrons. The van der Waals surface area contributed by atoms with Gasteiger partial charge in [-0.3, -0.25) is 4.57 Å². The van der Waals surface area contributed by atoms with E-state index in [4.69, 9.17) is 19.9 Å². The summed E-state index contributed by atoms with van der Waals surface area (Å²) in [5, 5.41) is 6.42. The zero-order valence-electron chi connectivity index (χ0n) is 35.6. The van der Waals surface area contributed by atoms with Crippen LogP contribution in [0.1, 0.15) is 0 Å². The fourth-order valence-electron chi connectivity index (χ4n) is 9.83. The monoisotopic (exact) mass is 842 g/mol. The van der Waals surface area contributed by atoms with E-state index in [-0.39, 0.29) is 0 Å². The Morgan fingerprint density at radius 2 is 0.818 bits per heavy atom. The Morgan fingerprint density at radius 1 is 0.318 bits per heavy atom. The van der Waals surface area contributed by atoms with E-state index in [2.05, 4.69) is 222 Å². The maximum Gasteiger partial charge on any atom is 0.235 e. The number of aromatic nitrogens is 5.